The summed E-state index contributed by atoms with van der Waals surface area (Å²) in [5.74, 6) is -1.44. The first kappa shape index (κ1) is 24.2. The van der Waals surface area contributed by atoms with Crippen LogP contribution >= 0.6 is 11.6 Å². The Balaban J connectivity index is 1.83. The zero-order valence-electron chi connectivity index (χ0n) is 18.1. The van der Waals surface area contributed by atoms with Crippen molar-refractivity contribution in [1.82, 2.24) is 10.3 Å². The fourth-order valence-electron chi connectivity index (χ4n) is 3.82. The van der Waals surface area contributed by atoms with Gasteiger partial charge in [-0.3, -0.25) is 4.79 Å². The number of hydrogen-bond donors (Lipinski definition) is 1. The Morgan fingerprint density at radius 1 is 1.31 bits per heavy atom. The second kappa shape index (κ2) is 10.4. The number of anilines is 1. The average Bonchev–Trinajstić information content (AvgIpc) is 2.98. The molecule has 0 spiro atoms. The molecule has 2 aromatic rings. The summed E-state index contributed by atoms with van der Waals surface area (Å²) >= 11 is 6.45. The van der Waals surface area contributed by atoms with E-state index in [9.17, 15) is 17.6 Å². The Morgan fingerprint density at radius 2 is 2.06 bits per heavy atom. The molecule has 1 aromatic carbocycles. The predicted molar refractivity (Wildman–Crippen MR) is 125 cm³/mol. The Bertz CT molecular complexity index is 1110. The van der Waals surface area contributed by atoms with Crippen LogP contribution in [-0.2, 0) is 9.84 Å². The van der Waals surface area contributed by atoms with Crippen LogP contribution in [-0.4, -0.2) is 38.2 Å². The van der Waals surface area contributed by atoms with Crippen molar-refractivity contribution in [3.63, 3.8) is 0 Å². The molecule has 172 valence electrons. The van der Waals surface area contributed by atoms with E-state index in [4.69, 9.17) is 11.6 Å². The maximum absolute atomic E-state index is 14.9. The highest BCUT2D eigenvalue weighted by Crippen LogP contribution is 2.37. The molecule has 3 rings (SSSR count). The van der Waals surface area contributed by atoms with Crippen LogP contribution in [0.15, 0.2) is 48.0 Å². The van der Waals surface area contributed by atoms with Crippen LogP contribution in [0.3, 0.4) is 0 Å². The van der Waals surface area contributed by atoms with Gasteiger partial charge in [0.2, 0.25) is 0 Å². The Morgan fingerprint density at radius 3 is 2.75 bits per heavy atom. The number of carbonyl (C=O) groups is 1. The van der Waals surface area contributed by atoms with Crippen LogP contribution < -0.4 is 10.2 Å². The molecule has 6 nitrogen and oxygen atoms in total. The molecule has 9 heteroatoms. The van der Waals surface area contributed by atoms with Gasteiger partial charge in [-0.1, -0.05) is 48.7 Å². The van der Waals surface area contributed by atoms with E-state index < -0.39 is 27.6 Å². The van der Waals surface area contributed by atoms with Gasteiger partial charge in [-0.05, 0) is 31.4 Å². The van der Waals surface area contributed by atoms with Crippen molar-refractivity contribution in [1.29, 1.82) is 0 Å². The number of pyridine rings is 1. The van der Waals surface area contributed by atoms with E-state index in [1.807, 2.05) is 24.3 Å². The summed E-state index contributed by atoms with van der Waals surface area (Å²) in [5, 5.41) is 4.21. The fraction of sp³-hybridized carbons (Fsp3) is 0.391. The molecule has 0 aliphatic carbocycles. The Hall–Kier alpha value is -2.45. The molecule has 1 unspecified atom stereocenters. The summed E-state index contributed by atoms with van der Waals surface area (Å²) in [6.45, 7) is 2.33. The average molecular weight is 480 g/mol. The lowest BCUT2D eigenvalue weighted by atomic mass is 10.0. The minimum atomic E-state index is -3.32. The summed E-state index contributed by atoms with van der Waals surface area (Å²) in [6.07, 6.45) is 7.85. The highest BCUT2D eigenvalue weighted by Gasteiger charge is 2.26. The van der Waals surface area contributed by atoms with Gasteiger partial charge in [0.15, 0.2) is 21.3 Å². The number of aromatic nitrogens is 1. The van der Waals surface area contributed by atoms with Gasteiger partial charge in [-0.2, -0.15) is 0 Å². The molecule has 1 aliphatic heterocycles. The molecule has 1 amide bonds. The summed E-state index contributed by atoms with van der Waals surface area (Å²) < 4.78 is 37.3. The second-order valence-corrected chi connectivity index (χ2v) is 10.4. The lowest BCUT2D eigenvalue weighted by Gasteiger charge is -2.33. The third-order valence-corrected chi connectivity index (χ3v) is 6.36. The lowest BCUT2D eigenvalue weighted by Crippen LogP contribution is -2.33. The van der Waals surface area contributed by atoms with E-state index in [-0.39, 0.29) is 11.7 Å². The SMILES string of the molecule is C[C@H](/C=C/S(C)(=O)=O)NC(=O)c1ncc(N2CCCCCC2c2ccccc2Cl)cc1F. The largest absolute Gasteiger partial charge is 0.363 e. The topological polar surface area (TPSA) is 79.4 Å². The van der Waals surface area contributed by atoms with Gasteiger partial charge < -0.3 is 10.2 Å². The molecule has 2 heterocycles. The van der Waals surface area contributed by atoms with Gasteiger partial charge in [0.25, 0.3) is 5.91 Å². The molecule has 0 bridgehead atoms. The van der Waals surface area contributed by atoms with Gasteiger partial charge >= 0.3 is 0 Å². The van der Waals surface area contributed by atoms with Crippen LogP contribution in [0.4, 0.5) is 10.1 Å². The summed E-state index contributed by atoms with van der Waals surface area (Å²) in [6, 6.07) is 8.38. The molecule has 1 saturated heterocycles. The number of carbonyl (C=O) groups excluding carboxylic acids is 1. The quantitative estimate of drug-likeness (QED) is 0.651. The third kappa shape index (κ3) is 6.29. The van der Waals surface area contributed by atoms with Crippen LogP contribution in [0.2, 0.25) is 5.02 Å². The van der Waals surface area contributed by atoms with Crippen molar-refractivity contribution in [2.24, 2.45) is 0 Å². The number of nitrogens with one attached hydrogen (secondary N) is 1. The van der Waals surface area contributed by atoms with Gasteiger partial charge in [0, 0.05) is 35.3 Å². The minimum Gasteiger partial charge on any atom is -0.363 e. The molecular formula is C23H27ClFN3O3S. The third-order valence-electron chi connectivity index (χ3n) is 5.36. The van der Waals surface area contributed by atoms with Gasteiger partial charge in [0.05, 0.1) is 17.9 Å². The van der Waals surface area contributed by atoms with Gasteiger partial charge in [-0.25, -0.2) is 17.8 Å². The zero-order chi connectivity index (χ0) is 23.3. The smallest absolute Gasteiger partial charge is 0.273 e. The number of rotatable bonds is 6. The standard InChI is InChI=1S/C23H27ClFN3O3S/c1-16(11-13-32(2,30)31)27-23(29)22-20(25)14-17(15-26-22)28-12-7-3-4-10-21(28)18-8-5-6-9-19(18)24/h5-6,8-9,11,13-16,21H,3-4,7,10,12H2,1-2H3,(H,27,29)/b13-11+/t16-,21?/m1/s1. The molecule has 1 N–H and O–H groups in total. The molecular weight excluding hydrogens is 453 g/mol. The Labute approximate surface area is 193 Å². The normalized spacial score (nSPS) is 18.4. The first-order chi connectivity index (χ1) is 15.2. The maximum atomic E-state index is 14.9. The van der Waals surface area contributed by atoms with E-state index in [1.54, 1.807) is 6.92 Å². The highest BCUT2D eigenvalue weighted by atomic mass is 35.5. The first-order valence-electron chi connectivity index (χ1n) is 10.5. The molecule has 1 fully saturated rings. The van der Waals surface area contributed by atoms with Crippen LogP contribution in [0, 0.1) is 5.82 Å². The van der Waals surface area contributed by atoms with Crippen LogP contribution in [0.5, 0.6) is 0 Å². The van der Waals surface area contributed by atoms with Crippen molar-refractivity contribution >= 4 is 33.0 Å². The minimum absolute atomic E-state index is 0.00627. The number of benzene rings is 1. The van der Waals surface area contributed by atoms with E-state index in [0.717, 1.165) is 49.5 Å². The van der Waals surface area contributed by atoms with E-state index in [1.165, 1.54) is 18.3 Å². The summed E-state index contributed by atoms with van der Waals surface area (Å²) in [7, 11) is -3.32. The van der Waals surface area contributed by atoms with Crippen molar-refractivity contribution < 1.29 is 17.6 Å². The molecule has 0 radical (unpaired) electrons. The van der Waals surface area contributed by atoms with Gasteiger partial charge in [-0.15, -0.1) is 0 Å². The number of nitrogens with zero attached hydrogens (tertiary/aromatic N) is 2. The first-order valence-corrected chi connectivity index (χ1v) is 12.8. The molecule has 1 aliphatic rings. The molecule has 2 atom stereocenters. The highest BCUT2D eigenvalue weighted by molar-refractivity contribution is 7.93. The van der Waals surface area contributed by atoms with Crippen molar-refractivity contribution in [2.45, 2.75) is 44.7 Å². The Kier molecular flexibility index (Phi) is 7.90. The molecule has 1 aromatic heterocycles. The summed E-state index contributed by atoms with van der Waals surface area (Å²) in [5.41, 5.74) is 1.25. The molecule has 0 saturated carbocycles. The zero-order valence-corrected chi connectivity index (χ0v) is 19.7. The number of hydrogen-bond acceptors (Lipinski definition) is 5. The van der Waals surface area contributed by atoms with Crippen LogP contribution in [0.1, 0.15) is 54.7 Å². The van der Waals surface area contributed by atoms with Crippen molar-refractivity contribution in [3.8, 4) is 0 Å². The van der Waals surface area contributed by atoms with Crippen molar-refractivity contribution in [2.75, 3.05) is 17.7 Å². The van der Waals surface area contributed by atoms with Crippen LogP contribution in [0.25, 0.3) is 0 Å². The van der Waals surface area contributed by atoms with E-state index in [2.05, 4.69) is 15.2 Å². The number of sulfone groups is 1. The van der Waals surface area contributed by atoms with E-state index in [0.29, 0.717) is 10.7 Å². The molecule has 32 heavy (non-hydrogen) atoms. The van der Waals surface area contributed by atoms with Gasteiger partial charge in [0.1, 0.15) is 0 Å². The maximum Gasteiger partial charge on any atom is 0.273 e. The number of halogens is 2. The fourth-order valence-corrected chi connectivity index (χ4v) is 4.60. The predicted octanol–water partition coefficient (Wildman–Crippen LogP) is 4.67. The van der Waals surface area contributed by atoms with Crippen molar-refractivity contribution in [3.05, 3.63) is 70.1 Å². The monoisotopic (exact) mass is 479 g/mol. The second-order valence-electron chi connectivity index (χ2n) is 8.02. The summed E-state index contributed by atoms with van der Waals surface area (Å²) in [4.78, 5) is 18.6. The number of amides is 1. The van der Waals surface area contributed by atoms with E-state index >= 15 is 0 Å². The lowest BCUT2D eigenvalue weighted by molar-refractivity contribution is 0.0937.